The molecule has 3 aromatic carbocycles. The largest absolute Gasteiger partial charge is 0.322 e. The minimum absolute atomic E-state index is 0.273. The predicted octanol–water partition coefficient (Wildman–Crippen LogP) is 6.15. The number of benzene rings is 3. The van der Waals surface area contributed by atoms with Crippen LogP contribution in [0.5, 0.6) is 0 Å². The number of carbonyl (C=O) groups excluding carboxylic acids is 2. The maximum atomic E-state index is 12.3. The van der Waals surface area contributed by atoms with Gasteiger partial charge in [0.2, 0.25) is 0 Å². The molecule has 0 unspecified atom stereocenters. The first-order valence-corrected chi connectivity index (χ1v) is 9.00. The van der Waals surface area contributed by atoms with Gasteiger partial charge in [-0.05, 0) is 48.5 Å². The normalized spacial score (nSPS) is 10.3. The number of halogens is 3. The second-order valence-electron chi connectivity index (χ2n) is 5.60. The summed E-state index contributed by atoms with van der Waals surface area (Å²) in [7, 11) is 0. The molecule has 2 amide bonds. The van der Waals surface area contributed by atoms with Crippen LogP contribution in [0.3, 0.4) is 0 Å². The molecule has 3 aromatic rings. The first-order chi connectivity index (χ1) is 12.9. The lowest BCUT2D eigenvalue weighted by atomic mass is 10.2. The standard InChI is InChI=1S/C20H13Cl3N2O2/c21-15-8-6-13(10-16(15)22)20(27)24-14-7-9-18(17(23)11-14)25-19(26)12-4-2-1-3-5-12/h1-11H,(H,24,27)(H,25,26). The number of hydrogen-bond donors (Lipinski definition) is 2. The molecule has 0 bridgehead atoms. The third kappa shape index (κ3) is 4.80. The van der Waals surface area contributed by atoms with Crippen molar-refractivity contribution >= 4 is 58.0 Å². The van der Waals surface area contributed by atoms with Crippen LogP contribution in [0.15, 0.2) is 66.7 Å². The van der Waals surface area contributed by atoms with Crippen LogP contribution in [-0.2, 0) is 0 Å². The summed E-state index contributed by atoms with van der Waals surface area (Å²) in [6.45, 7) is 0. The topological polar surface area (TPSA) is 58.2 Å². The quantitative estimate of drug-likeness (QED) is 0.533. The van der Waals surface area contributed by atoms with Crippen molar-refractivity contribution in [1.82, 2.24) is 0 Å². The Bertz CT molecular complexity index is 1010. The van der Waals surface area contributed by atoms with Crippen LogP contribution in [0.4, 0.5) is 11.4 Å². The van der Waals surface area contributed by atoms with Gasteiger partial charge in [0, 0.05) is 16.8 Å². The maximum Gasteiger partial charge on any atom is 0.255 e. The van der Waals surface area contributed by atoms with Crippen molar-refractivity contribution < 1.29 is 9.59 Å². The number of nitrogens with one attached hydrogen (secondary N) is 2. The molecular weight excluding hydrogens is 407 g/mol. The Labute approximate surface area is 171 Å². The molecule has 136 valence electrons. The average Bonchev–Trinajstić information content (AvgIpc) is 2.66. The smallest absolute Gasteiger partial charge is 0.255 e. The van der Waals surface area contributed by atoms with Crippen molar-refractivity contribution in [2.75, 3.05) is 10.6 Å². The second-order valence-corrected chi connectivity index (χ2v) is 6.82. The van der Waals surface area contributed by atoms with Crippen LogP contribution >= 0.6 is 34.8 Å². The SMILES string of the molecule is O=C(Nc1ccc(NC(=O)c2ccccc2)c(Cl)c1)c1ccc(Cl)c(Cl)c1. The Kier molecular flexibility index (Phi) is 6.01. The maximum absolute atomic E-state index is 12.3. The van der Waals surface area contributed by atoms with Crippen LogP contribution in [0, 0.1) is 0 Å². The summed E-state index contributed by atoms with van der Waals surface area (Å²) in [5.41, 5.74) is 1.80. The number of rotatable bonds is 4. The predicted molar refractivity (Wildman–Crippen MR) is 110 cm³/mol. The highest BCUT2D eigenvalue weighted by molar-refractivity contribution is 6.42. The van der Waals surface area contributed by atoms with E-state index in [0.29, 0.717) is 37.6 Å². The van der Waals surface area contributed by atoms with E-state index < -0.39 is 0 Å². The summed E-state index contributed by atoms with van der Waals surface area (Å²) in [5.74, 6) is -0.629. The van der Waals surface area contributed by atoms with E-state index in [1.807, 2.05) is 6.07 Å². The van der Waals surface area contributed by atoms with Gasteiger partial charge in [-0.3, -0.25) is 9.59 Å². The molecule has 0 aliphatic heterocycles. The van der Waals surface area contributed by atoms with Gasteiger partial charge in [0.05, 0.1) is 20.8 Å². The van der Waals surface area contributed by atoms with Crippen molar-refractivity contribution in [3.63, 3.8) is 0 Å². The summed E-state index contributed by atoms with van der Waals surface area (Å²) in [4.78, 5) is 24.5. The van der Waals surface area contributed by atoms with E-state index in [0.717, 1.165) is 0 Å². The average molecular weight is 420 g/mol. The Morgan fingerprint density at radius 3 is 2.00 bits per heavy atom. The van der Waals surface area contributed by atoms with Crippen molar-refractivity contribution in [3.8, 4) is 0 Å². The monoisotopic (exact) mass is 418 g/mol. The van der Waals surface area contributed by atoms with Crippen molar-refractivity contribution in [2.45, 2.75) is 0 Å². The first kappa shape index (κ1) is 19.2. The number of hydrogen-bond acceptors (Lipinski definition) is 2. The van der Waals surface area contributed by atoms with E-state index in [1.165, 1.54) is 6.07 Å². The zero-order valence-corrected chi connectivity index (χ0v) is 16.1. The van der Waals surface area contributed by atoms with Gasteiger partial charge in [0.25, 0.3) is 11.8 Å². The van der Waals surface area contributed by atoms with Crippen molar-refractivity contribution in [3.05, 3.63) is 92.9 Å². The number of anilines is 2. The van der Waals surface area contributed by atoms with Gasteiger partial charge >= 0.3 is 0 Å². The van der Waals surface area contributed by atoms with Gasteiger partial charge in [0.15, 0.2) is 0 Å². The van der Waals surface area contributed by atoms with Gasteiger partial charge in [-0.15, -0.1) is 0 Å². The molecule has 0 heterocycles. The zero-order chi connectivity index (χ0) is 19.4. The molecule has 3 rings (SSSR count). The van der Waals surface area contributed by atoms with E-state index in [-0.39, 0.29) is 11.8 Å². The summed E-state index contributed by atoms with van der Waals surface area (Å²) in [6.07, 6.45) is 0. The third-order valence-corrected chi connectivity index (χ3v) is 4.74. The fraction of sp³-hybridized carbons (Fsp3) is 0. The molecule has 0 spiro atoms. The van der Waals surface area contributed by atoms with Crippen LogP contribution in [0.1, 0.15) is 20.7 Å². The van der Waals surface area contributed by atoms with Gasteiger partial charge in [0.1, 0.15) is 0 Å². The second kappa shape index (κ2) is 8.44. The van der Waals surface area contributed by atoms with Gasteiger partial charge in [-0.2, -0.15) is 0 Å². The van der Waals surface area contributed by atoms with Crippen molar-refractivity contribution in [2.24, 2.45) is 0 Å². The van der Waals surface area contributed by atoms with E-state index >= 15 is 0 Å². The summed E-state index contributed by atoms with van der Waals surface area (Å²) in [5, 5.41) is 6.42. The van der Waals surface area contributed by atoms with E-state index in [1.54, 1.807) is 54.6 Å². The Morgan fingerprint density at radius 1 is 0.630 bits per heavy atom. The molecule has 0 radical (unpaired) electrons. The third-order valence-electron chi connectivity index (χ3n) is 3.69. The Hall–Kier alpha value is -2.53. The molecule has 7 heteroatoms. The van der Waals surface area contributed by atoms with Gasteiger partial charge < -0.3 is 10.6 Å². The van der Waals surface area contributed by atoms with E-state index in [2.05, 4.69) is 10.6 Å². The first-order valence-electron chi connectivity index (χ1n) is 7.86. The highest BCUT2D eigenvalue weighted by Crippen LogP contribution is 2.27. The summed E-state index contributed by atoms with van der Waals surface area (Å²) in [6, 6.07) is 18.2. The molecule has 4 nitrogen and oxygen atoms in total. The molecule has 0 fully saturated rings. The molecular formula is C20H13Cl3N2O2. The molecule has 0 aromatic heterocycles. The van der Waals surface area contributed by atoms with Crippen LogP contribution in [0.25, 0.3) is 0 Å². The fourth-order valence-corrected chi connectivity index (χ4v) is 2.84. The lowest BCUT2D eigenvalue weighted by molar-refractivity contribution is 0.101. The molecule has 0 atom stereocenters. The fourth-order valence-electron chi connectivity index (χ4n) is 2.32. The molecule has 2 N–H and O–H groups in total. The minimum Gasteiger partial charge on any atom is -0.322 e. The highest BCUT2D eigenvalue weighted by Gasteiger charge is 2.11. The van der Waals surface area contributed by atoms with Crippen molar-refractivity contribution in [1.29, 1.82) is 0 Å². The highest BCUT2D eigenvalue weighted by atomic mass is 35.5. The molecule has 0 saturated carbocycles. The Morgan fingerprint density at radius 2 is 1.33 bits per heavy atom. The molecule has 0 saturated heterocycles. The molecule has 0 aliphatic carbocycles. The van der Waals surface area contributed by atoms with Gasteiger partial charge in [-0.1, -0.05) is 53.0 Å². The van der Waals surface area contributed by atoms with Gasteiger partial charge in [-0.25, -0.2) is 0 Å². The molecule has 0 aliphatic rings. The molecule has 27 heavy (non-hydrogen) atoms. The minimum atomic E-state index is -0.356. The van der Waals surface area contributed by atoms with E-state index in [4.69, 9.17) is 34.8 Å². The lowest BCUT2D eigenvalue weighted by Gasteiger charge is -2.10. The Balaban J connectivity index is 1.71. The zero-order valence-electron chi connectivity index (χ0n) is 13.8. The van der Waals surface area contributed by atoms with Crippen LogP contribution < -0.4 is 10.6 Å². The van der Waals surface area contributed by atoms with Crippen LogP contribution in [0.2, 0.25) is 15.1 Å². The van der Waals surface area contributed by atoms with E-state index in [9.17, 15) is 9.59 Å². The lowest BCUT2D eigenvalue weighted by Crippen LogP contribution is -2.13. The number of carbonyl (C=O) groups is 2. The summed E-state index contributed by atoms with van der Waals surface area (Å²) < 4.78 is 0. The summed E-state index contributed by atoms with van der Waals surface area (Å²) >= 11 is 18.0. The number of amides is 2. The van der Waals surface area contributed by atoms with Crippen LogP contribution in [-0.4, -0.2) is 11.8 Å².